The van der Waals surface area contributed by atoms with Crippen LogP contribution in [0.4, 0.5) is 0 Å². The Balaban J connectivity index is 1.99. The van der Waals surface area contributed by atoms with Gasteiger partial charge >= 0.3 is 0 Å². The summed E-state index contributed by atoms with van der Waals surface area (Å²) >= 11 is 1.63. The van der Waals surface area contributed by atoms with E-state index in [-0.39, 0.29) is 17.6 Å². The first-order valence-corrected chi connectivity index (χ1v) is 7.93. The monoisotopic (exact) mass is 309 g/mol. The molecule has 5 nitrogen and oxygen atoms in total. The van der Waals surface area contributed by atoms with Gasteiger partial charge in [0.1, 0.15) is 12.0 Å². The number of para-hydroxylation sites is 2. The molecule has 21 heavy (non-hydrogen) atoms. The molecule has 1 amide bonds. The Bertz CT molecular complexity index is 520. The maximum absolute atomic E-state index is 12.0. The number of ether oxygens (including phenoxy) is 2. The first-order valence-electron chi connectivity index (χ1n) is 6.88. The summed E-state index contributed by atoms with van der Waals surface area (Å²) in [6.45, 7) is 2.63. The summed E-state index contributed by atoms with van der Waals surface area (Å²) in [5.41, 5.74) is 0. The molecule has 1 heterocycles. The number of benzene rings is 1. The Hall–Kier alpha value is -1.69. The summed E-state index contributed by atoms with van der Waals surface area (Å²) in [6.07, 6.45) is 0.236. The second-order valence-electron chi connectivity index (χ2n) is 4.56. The van der Waals surface area contributed by atoms with Crippen molar-refractivity contribution in [3.05, 3.63) is 24.3 Å². The Labute approximate surface area is 128 Å². The molecule has 1 aliphatic heterocycles. The van der Waals surface area contributed by atoms with Crippen LogP contribution in [0.3, 0.4) is 0 Å². The van der Waals surface area contributed by atoms with E-state index in [9.17, 15) is 9.59 Å². The molecule has 1 fully saturated rings. The van der Waals surface area contributed by atoms with Crippen LogP contribution < -0.4 is 9.47 Å². The largest absolute Gasteiger partial charge is 0.493 e. The van der Waals surface area contributed by atoms with Crippen molar-refractivity contribution in [1.82, 2.24) is 4.90 Å². The first kappa shape index (κ1) is 15.7. The number of amides is 1. The second-order valence-corrected chi connectivity index (χ2v) is 5.85. The van der Waals surface area contributed by atoms with Gasteiger partial charge in [0, 0.05) is 18.7 Å². The van der Waals surface area contributed by atoms with Gasteiger partial charge in [-0.3, -0.25) is 9.59 Å². The topological polar surface area (TPSA) is 55.8 Å². The third-order valence-electron chi connectivity index (χ3n) is 3.26. The fraction of sp³-hybridized carbons (Fsp3) is 0.467. The van der Waals surface area contributed by atoms with Crippen molar-refractivity contribution in [2.45, 2.75) is 18.7 Å². The van der Waals surface area contributed by atoms with Gasteiger partial charge in [-0.1, -0.05) is 19.1 Å². The summed E-state index contributed by atoms with van der Waals surface area (Å²) < 4.78 is 11.0. The van der Waals surface area contributed by atoms with Crippen LogP contribution in [0.15, 0.2) is 24.3 Å². The molecule has 114 valence electrons. The third-order valence-corrected chi connectivity index (χ3v) is 4.45. The molecule has 0 bridgehead atoms. The molecule has 0 saturated carbocycles. The molecule has 0 spiro atoms. The van der Waals surface area contributed by atoms with E-state index < -0.39 is 5.91 Å². The van der Waals surface area contributed by atoms with Crippen LogP contribution in [0.2, 0.25) is 0 Å². The van der Waals surface area contributed by atoms with Crippen molar-refractivity contribution in [2.24, 2.45) is 0 Å². The molecule has 2 rings (SSSR count). The zero-order valence-electron chi connectivity index (χ0n) is 12.2. The molecule has 1 atom stereocenters. The van der Waals surface area contributed by atoms with E-state index in [1.165, 1.54) is 0 Å². The normalized spacial score (nSPS) is 17.6. The summed E-state index contributed by atoms with van der Waals surface area (Å²) in [6, 6.07) is 7.37. The maximum Gasteiger partial charge on any atom is 0.290 e. The smallest absolute Gasteiger partial charge is 0.290 e. The Kier molecular flexibility index (Phi) is 5.50. The summed E-state index contributed by atoms with van der Waals surface area (Å²) in [5, 5.41) is -0.127. The zero-order chi connectivity index (χ0) is 15.2. The SMILES string of the molecule is CCC(=O)C(=O)N1CCS[C@H]1COc1ccccc1OC. The minimum absolute atomic E-state index is 0.127. The number of carbonyl (C=O) groups excluding carboxylic acids is 2. The molecule has 0 aliphatic carbocycles. The van der Waals surface area contributed by atoms with Gasteiger partial charge in [-0.2, -0.15) is 0 Å². The molecule has 1 aliphatic rings. The number of methoxy groups -OCH3 is 1. The van der Waals surface area contributed by atoms with E-state index in [1.54, 1.807) is 30.7 Å². The maximum atomic E-state index is 12.0. The van der Waals surface area contributed by atoms with E-state index in [0.717, 1.165) is 5.75 Å². The Morgan fingerprint density at radius 1 is 1.33 bits per heavy atom. The average molecular weight is 309 g/mol. The van der Waals surface area contributed by atoms with Crippen LogP contribution in [-0.4, -0.2) is 48.0 Å². The summed E-state index contributed by atoms with van der Waals surface area (Å²) in [4.78, 5) is 25.2. The predicted octanol–water partition coefficient (Wildman–Crippen LogP) is 1.95. The predicted molar refractivity (Wildman–Crippen MR) is 81.7 cm³/mol. The molecule has 0 aromatic heterocycles. The lowest BCUT2D eigenvalue weighted by atomic mass is 10.2. The summed E-state index contributed by atoms with van der Waals surface area (Å²) in [7, 11) is 1.59. The van der Waals surface area contributed by atoms with E-state index in [0.29, 0.717) is 24.7 Å². The highest BCUT2D eigenvalue weighted by Crippen LogP contribution is 2.29. The average Bonchev–Trinajstić information content (AvgIpc) is 3.00. The number of thioether (sulfide) groups is 1. The van der Waals surface area contributed by atoms with E-state index in [1.807, 2.05) is 24.3 Å². The minimum Gasteiger partial charge on any atom is -0.493 e. The van der Waals surface area contributed by atoms with Crippen molar-refractivity contribution < 1.29 is 19.1 Å². The lowest BCUT2D eigenvalue weighted by Crippen LogP contribution is -2.41. The third kappa shape index (κ3) is 3.69. The highest BCUT2D eigenvalue weighted by atomic mass is 32.2. The standard InChI is InChI=1S/C15H19NO4S/c1-3-11(17)15(18)16-8-9-21-14(16)10-20-13-7-5-4-6-12(13)19-2/h4-7,14H,3,8-10H2,1-2H3/t14-/m0/s1. The van der Waals surface area contributed by atoms with Gasteiger partial charge in [0.2, 0.25) is 5.78 Å². The number of ketones is 1. The van der Waals surface area contributed by atoms with Crippen LogP contribution in [-0.2, 0) is 9.59 Å². The van der Waals surface area contributed by atoms with E-state index in [4.69, 9.17) is 9.47 Å². The van der Waals surface area contributed by atoms with Crippen molar-refractivity contribution >= 4 is 23.5 Å². The minimum atomic E-state index is -0.406. The first-order chi connectivity index (χ1) is 10.2. The van der Waals surface area contributed by atoms with Crippen molar-refractivity contribution in [3.8, 4) is 11.5 Å². The number of carbonyl (C=O) groups is 2. The van der Waals surface area contributed by atoms with Crippen LogP contribution in [0.25, 0.3) is 0 Å². The Morgan fingerprint density at radius 3 is 2.71 bits per heavy atom. The quantitative estimate of drug-likeness (QED) is 0.752. The van der Waals surface area contributed by atoms with Crippen LogP contribution in [0, 0.1) is 0 Å². The molecular weight excluding hydrogens is 290 g/mol. The molecule has 1 aromatic carbocycles. The van der Waals surface area contributed by atoms with Crippen LogP contribution in [0.5, 0.6) is 11.5 Å². The number of hydrogen-bond donors (Lipinski definition) is 0. The summed E-state index contributed by atoms with van der Waals surface area (Å²) in [5.74, 6) is 1.36. The van der Waals surface area contributed by atoms with E-state index in [2.05, 4.69) is 0 Å². The van der Waals surface area contributed by atoms with Crippen molar-refractivity contribution in [1.29, 1.82) is 0 Å². The number of rotatable bonds is 6. The van der Waals surface area contributed by atoms with Gasteiger partial charge in [-0.15, -0.1) is 11.8 Å². The lowest BCUT2D eigenvalue weighted by molar-refractivity contribution is -0.144. The van der Waals surface area contributed by atoms with E-state index >= 15 is 0 Å². The van der Waals surface area contributed by atoms with Crippen LogP contribution in [0.1, 0.15) is 13.3 Å². The van der Waals surface area contributed by atoms with Gasteiger partial charge in [-0.25, -0.2) is 0 Å². The van der Waals surface area contributed by atoms with Gasteiger partial charge < -0.3 is 14.4 Å². The zero-order valence-corrected chi connectivity index (χ0v) is 13.0. The number of Topliss-reactive ketones (excluding diaryl/α,β-unsaturated/α-hetero) is 1. The molecule has 1 aromatic rings. The van der Waals surface area contributed by atoms with Gasteiger partial charge in [0.05, 0.1) is 7.11 Å². The second kappa shape index (κ2) is 7.36. The fourth-order valence-corrected chi connectivity index (χ4v) is 3.22. The number of nitrogens with zero attached hydrogens (tertiary/aromatic N) is 1. The van der Waals surface area contributed by atoms with Gasteiger partial charge in [0.25, 0.3) is 5.91 Å². The molecule has 0 N–H and O–H groups in total. The van der Waals surface area contributed by atoms with Crippen molar-refractivity contribution in [2.75, 3.05) is 26.0 Å². The molecule has 6 heteroatoms. The fourth-order valence-electron chi connectivity index (χ4n) is 2.10. The van der Waals surface area contributed by atoms with Crippen LogP contribution >= 0.6 is 11.8 Å². The van der Waals surface area contributed by atoms with Gasteiger partial charge in [-0.05, 0) is 12.1 Å². The highest BCUT2D eigenvalue weighted by molar-refractivity contribution is 8.00. The Morgan fingerprint density at radius 2 is 2.05 bits per heavy atom. The highest BCUT2D eigenvalue weighted by Gasteiger charge is 2.32. The lowest BCUT2D eigenvalue weighted by Gasteiger charge is -2.23. The number of hydrogen-bond acceptors (Lipinski definition) is 5. The molecule has 1 saturated heterocycles. The molecule has 0 unspecified atom stereocenters. The van der Waals surface area contributed by atoms with Gasteiger partial charge in [0.15, 0.2) is 11.5 Å². The van der Waals surface area contributed by atoms with Crippen molar-refractivity contribution in [3.63, 3.8) is 0 Å². The molecule has 0 radical (unpaired) electrons. The molecular formula is C15H19NO4S.